The maximum absolute atomic E-state index is 11.7. The zero-order valence-electron chi connectivity index (χ0n) is 15.6. The van der Waals surface area contributed by atoms with E-state index in [-0.39, 0.29) is 16.5 Å². The fourth-order valence-corrected chi connectivity index (χ4v) is 3.72. The van der Waals surface area contributed by atoms with Gasteiger partial charge in [0.05, 0.1) is 11.0 Å². The van der Waals surface area contributed by atoms with Crippen LogP contribution in [0.4, 0.5) is 11.4 Å². The first-order valence-electron chi connectivity index (χ1n) is 9.36. The zero-order valence-corrected chi connectivity index (χ0v) is 15.6. The summed E-state index contributed by atoms with van der Waals surface area (Å²) >= 11 is 0. The fourth-order valence-electron chi connectivity index (χ4n) is 3.72. The number of hydrogen-bond acceptors (Lipinski definition) is 4. The summed E-state index contributed by atoms with van der Waals surface area (Å²) in [6, 6.07) is 8.07. The van der Waals surface area contributed by atoms with Crippen LogP contribution >= 0.6 is 0 Å². The van der Waals surface area contributed by atoms with Crippen molar-refractivity contribution >= 4 is 11.4 Å². The molecule has 1 aliphatic carbocycles. The van der Waals surface area contributed by atoms with Crippen LogP contribution in [0.15, 0.2) is 18.2 Å². The summed E-state index contributed by atoms with van der Waals surface area (Å²) in [5.41, 5.74) is 1.78. The number of benzene rings is 1. The molecule has 136 valence electrons. The Morgan fingerprint density at radius 3 is 2.52 bits per heavy atom. The van der Waals surface area contributed by atoms with Crippen LogP contribution in [0.1, 0.15) is 70.8 Å². The highest BCUT2D eigenvalue weighted by Gasteiger charge is 2.28. The normalized spacial score (nSPS) is 16.4. The molecule has 1 fully saturated rings. The molecule has 0 spiro atoms. The lowest BCUT2D eigenvalue weighted by atomic mass is 9.92. The summed E-state index contributed by atoms with van der Waals surface area (Å²) in [6.45, 7) is 7.09. The highest BCUT2D eigenvalue weighted by Crippen LogP contribution is 2.36. The van der Waals surface area contributed by atoms with Gasteiger partial charge in [0.1, 0.15) is 5.69 Å². The molecule has 0 unspecified atom stereocenters. The van der Waals surface area contributed by atoms with E-state index in [1.807, 2.05) is 19.1 Å². The van der Waals surface area contributed by atoms with Gasteiger partial charge in [0, 0.05) is 25.1 Å². The Morgan fingerprint density at radius 1 is 1.28 bits per heavy atom. The minimum atomic E-state index is -0.270. The number of nitro groups is 1. The molecule has 1 aromatic carbocycles. The van der Waals surface area contributed by atoms with Crippen LogP contribution in [0.5, 0.6) is 0 Å². The summed E-state index contributed by atoms with van der Waals surface area (Å²) in [7, 11) is 0. The Kier molecular flexibility index (Phi) is 6.81. The highest BCUT2D eigenvalue weighted by molar-refractivity contribution is 5.65. The van der Waals surface area contributed by atoms with Crippen LogP contribution in [-0.4, -0.2) is 17.5 Å². The average Bonchev–Trinajstić information content (AvgIpc) is 2.60. The Balaban J connectivity index is 2.41. The van der Waals surface area contributed by atoms with Gasteiger partial charge in [-0.25, -0.2) is 0 Å². The molecule has 1 aromatic rings. The van der Waals surface area contributed by atoms with Crippen molar-refractivity contribution in [2.24, 2.45) is 5.92 Å². The van der Waals surface area contributed by atoms with Crippen molar-refractivity contribution in [3.05, 3.63) is 33.9 Å². The topological polar surface area (TPSA) is 70.2 Å². The van der Waals surface area contributed by atoms with Crippen molar-refractivity contribution in [2.45, 2.75) is 71.3 Å². The maximum atomic E-state index is 11.7. The summed E-state index contributed by atoms with van der Waals surface area (Å²) in [6.07, 6.45) is 6.25. The standard InChI is InChI=1S/C20H29N3O2/c1-15(2)14-22(18-7-5-4-6-8-18)19-10-9-17(16(3)11-12-21)13-20(19)23(24)25/h9-10,13,15-16,18H,4-8,11,14H2,1-3H3/t16-/m1/s1. The van der Waals surface area contributed by atoms with Crippen LogP contribution in [0.2, 0.25) is 0 Å². The predicted octanol–water partition coefficient (Wildman–Crippen LogP) is 5.41. The van der Waals surface area contributed by atoms with Gasteiger partial charge >= 0.3 is 0 Å². The molecule has 0 aromatic heterocycles. The zero-order chi connectivity index (χ0) is 18.4. The molecule has 1 atom stereocenters. The lowest BCUT2D eigenvalue weighted by molar-refractivity contribution is -0.384. The molecule has 0 radical (unpaired) electrons. The summed E-state index contributed by atoms with van der Waals surface area (Å²) < 4.78 is 0. The SMILES string of the molecule is CC(C)CN(c1ccc([C@H](C)CC#N)cc1[N+](=O)[O-])C1CCCCC1. The second kappa shape index (κ2) is 8.84. The van der Waals surface area contributed by atoms with Crippen molar-refractivity contribution in [3.63, 3.8) is 0 Å². The van der Waals surface area contributed by atoms with Gasteiger partial charge in [-0.15, -0.1) is 0 Å². The van der Waals surface area contributed by atoms with E-state index in [1.165, 1.54) is 19.3 Å². The van der Waals surface area contributed by atoms with Crippen LogP contribution in [0, 0.1) is 27.4 Å². The predicted molar refractivity (Wildman–Crippen MR) is 101 cm³/mol. The quantitative estimate of drug-likeness (QED) is 0.490. The van der Waals surface area contributed by atoms with Crippen molar-refractivity contribution < 1.29 is 4.92 Å². The second-order valence-electron chi connectivity index (χ2n) is 7.61. The van der Waals surface area contributed by atoms with Gasteiger partial charge in [-0.1, -0.05) is 46.1 Å². The van der Waals surface area contributed by atoms with Gasteiger partial charge in [0.25, 0.3) is 5.69 Å². The third-order valence-electron chi connectivity index (χ3n) is 5.05. The molecule has 1 saturated carbocycles. The Morgan fingerprint density at radius 2 is 1.96 bits per heavy atom. The minimum Gasteiger partial charge on any atom is -0.363 e. The second-order valence-corrected chi connectivity index (χ2v) is 7.61. The average molecular weight is 343 g/mol. The first-order chi connectivity index (χ1) is 11.9. The number of rotatable bonds is 7. The monoisotopic (exact) mass is 343 g/mol. The number of nitriles is 1. The number of nitrogens with zero attached hydrogens (tertiary/aromatic N) is 3. The highest BCUT2D eigenvalue weighted by atomic mass is 16.6. The largest absolute Gasteiger partial charge is 0.363 e. The number of nitro benzene ring substituents is 1. The molecule has 1 aliphatic rings. The number of anilines is 1. The molecule has 0 N–H and O–H groups in total. The van der Waals surface area contributed by atoms with Gasteiger partial charge < -0.3 is 4.90 Å². The lowest BCUT2D eigenvalue weighted by Gasteiger charge is -2.37. The van der Waals surface area contributed by atoms with Gasteiger partial charge in [0.15, 0.2) is 0 Å². The van der Waals surface area contributed by atoms with E-state index in [9.17, 15) is 10.1 Å². The van der Waals surface area contributed by atoms with E-state index in [2.05, 4.69) is 24.8 Å². The molecule has 0 aliphatic heterocycles. The molecule has 0 heterocycles. The number of hydrogen-bond donors (Lipinski definition) is 0. The first kappa shape index (κ1) is 19.2. The minimum absolute atomic E-state index is 0.00554. The van der Waals surface area contributed by atoms with E-state index in [0.717, 1.165) is 30.6 Å². The van der Waals surface area contributed by atoms with E-state index >= 15 is 0 Å². The summed E-state index contributed by atoms with van der Waals surface area (Å²) in [4.78, 5) is 13.7. The molecule has 5 nitrogen and oxygen atoms in total. The molecule has 0 amide bonds. The fraction of sp³-hybridized carbons (Fsp3) is 0.650. The van der Waals surface area contributed by atoms with Crippen LogP contribution in [0.25, 0.3) is 0 Å². The molecule has 5 heteroatoms. The third kappa shape index (κ3) is 4.94. The van der Waals surface area contributed by atoms with E-state index in [1.54, 1.807) is 6.07 Å². The molecular formula is C20H29N3O2. The van der Waals surface area contributed by atoms with Crippen LogP contribution in [-0.2, 0) is 0 Å². The van der Waals surface area contributed by atoms with Gasteiger partial charge in [-0.05, 0) is 36.3 Å². The van der Waals surface area contributed by atoms with Crippen LogP contribution in [0.3, 0.4) is 0 Å². The molecule has 25 heavy (non-hydrogen) atoms. The van der Waals surface area contributed by atoms with Crippen molar-refractivity contribution in [1.82, 2.24) is 0 Å². The van der Waals surface area contributed by atoms with E-state index < -0.39 is 0 Å². The van der Waals surface area contributed by atoms with Gasteiger partial charge in [0.2, 0.25) is 0 Å². The molecule has 0 bridgehead atoms. The molecule has 0 saturated heterocycles. The Hall–Kier alpha value is -2.09. The van der Waals surface area contributed by atoms with E-state index in [4.69, 9.17) is 5.26 Å². The summed E-state index contributed by atoms with van der Waals surface area (Å²) in [5, 5.41) is 20.6. The smallest absolute Gasteiger partial charge is 0.292 e. The van der Waals surface area contributed by atoms with Crippen LogP contribution < -0.4 is 4.90 Å². The van der Waals surface area contributed by atoms with Crippen molar-refractivity contribution in [2.75, 3.05) is 11.4 Å². The third-order valence-corrected chi connectivity index (χ3v) is 5.05. The lowest BCUT2D eigenvalue weighted by Crippen LogP contribution is -2.39. The Labute approximate surface area is 150 Å². The summed E-state index contributed by atoms with van der Waals surface area (Å²) in [5.74, 6) is 0.449. The van der Waals surface area contributed by atoms with Crippen molar-refractivity contribution in [3.8, 4) is 6.07 Å². The van der Waals surface area contributed by atoms with E-state index in [0.29, 0.717) is 18.4 Å². The van der Waals surface area contributed by atoms with Gasteiger partial charge in [-0.2, -0.15) is 5.26 Å². The van der Waals surface area contributed by atoms with Gasteiger partial charge in [-0.3, -0.25) is 10.1 Å². The molecule has 2 rings (SSSR count). The maximum Gasteiger partial charge on any atom is 0.292 e. The molecular weight excluding hydrogens is 314 g/mol. The Bertz CT molecular complexity index is 630. The first-order valence-corrected chi connectivity index (χ1v) is 9.36. The van der Waals surface area contributed by atoms with Crippen molar-refractivity contribution in [1.29, 1.82) is 5.26 Å².